The third kappa shape index (κ3) is 4.16. The zero-order valence-electron chi connectivity index (χ0n) is 28.7. The van der Waals surface area contributed by atoms with Gasteiger partial charge in [-0.1, -0.05) is 176 Å². The van der Waals surface area contributed by atoms with Gasteiger partial charge in [0.2, 0.25) is 0 Å². The van der Waals surface area contributed by atoms with Crippen LogP contribution in [0.5, 0.6) is 0 Å². The lowest BCUT2D eigenvalue weighted by atomic mass is 9.81. The van der Waals surface area contributed by atoms with Crippen molar-refractivity contribution in [2.75, 3.05) is 0 Å². The summed E-state index contributed by atoms with van der Waals surface area (Å²) in [6, 6.07) is 60.9. The van der Waals surface area contributed by atoms with E-state index in [9.17, 15) is 0 Å². The van der Waals surface area contributed by atoms with E-state index in [1.807, 2.05) is 0 Å². The molecule has 0 aliphatic heterocycles. The molecular formula is C52H34. The first-order chi connectivity index (χ1) is 25.9. The maximum Gasteiger partial charge on any atom is -0.000719 e. The summed E-state index contributed by atoms with van der Waals surface area (Å²) in [4.78, 5) is 0. The van der Waals surface area contributed by atoms with Crippen LogP contribution < -0.4 is 0 Å². The topological polar surface area (TPSA) is 0 Å². The highest BCUT2D eigenvalue weighted by Crippen LogP contribution is 2.60. The van der Waals surface area contributed by atoms with Gasteiger partial charge in [0.1, 0.15) is 0 Å². The summed E-state index contributed by atoms with van der Waals surface area (Å²) in [5.41, 5.74) is 15.7. The average Bonchev–Trinajstić information content (AvgIpc) is 3.54. The smallest absolute Gasteiger partial charge is 0.000719 e. The maximum absolute atomic E-state index is 2.57. The molecule has 242 valence electrons. The molecule has 0 spiro atoms. The Kier molecular flexibility index (Phi) is 6.48. The quantitative estimate of drug-likeness (QED) is 0.130. The SMILES string of the molecule is C1=CC(c2c3ccccc3c(-c3ccccc3)c3c2cc2c4c(cccc43)-c3c-2c(-c2ccccc2)c2ccccc2c3-c2ccccc2)=CCC1. The zero-order chi connectivity index (χ0) is 34.2. The van der Waals surface area contributed by atoms with Crippen molar-refractivity contribution in [2.45, 2.75) is 12.8 Å². The molecule has 0 saturated heterocycles. The van der Waals surface area contributed by atoms with Gasteiger partial charge in [-0.15, -0.1) is 0 Å². The first kappa shape index (κ1) is 29.3. The molecule has 0 bridgehead atoms. The van der Waals surface area contributed by atoms with E-state index in [2.05, 4.69) is 182 Å². The molecule has 0 unspecified atom stereocenters. The van der Waals surface area contributed by atoms with Gasteiger partial charge in [0, 0.05) is 0 Å². The van der Waals surface area contributed by atoms with Crippen molar-refractivity contribution < 1.29 is 0 Å². The monoisotopic (exact) mass is 658 g/mol. The van der Waals surface area contributed by atoms with Crippen LogP contribution in [0.15, 0.2) is 182 Å². The molecule has 9 aromatic carbocycles. The summed E-state index contributed by atoms with van der Waals surface area (Å²) in [6.07, 6.45) is 9.30. The highest BCUT2D eigenvalue weighted by Gasteiger charge is 2.32. The number of benzene rings is 9. The number of allylic oxidation sites excluding steroid dienone is 4. The van der Waals surface area contributed by atoms with Crippen molar-refractivity contribution in [3.05, 3.63) is 188 Å². The Morgan fingerprint density at radius 1 is 0.308 bits per heavy atom. The maximum atomic E-state index is 2.57. The van der Waals surface area contributed by atoms with Gasteiger partial charge in [0.25, 0.3) is 0 Å². The summed E-state index contributed by atoms with van der Waals surface area (Å²) >= 11 is 0. The second-order valence-corrected chi connectivity index (χ2v) is 14.2. The van der Waals surface area contributed by atoms with Gasteiger partial charge in [-0.2, -0.15) is 0 Å². The molecule has 0 amide bonds. The van der Waals surface area contributed by atoms with Crippen LogP contribution in [0, 0.1) is 0 Å². The summed E-state index contributed by atoms with van der Waals surface area (Å²) in [5.74, 6) is 0. The molecule has 0 fully saturated rings. The van der Waals surface area contributed by atoms with Crippen LogP contribution in [0.25, 0.3) is 104 Å². The predicted molar refractivity (Wildman–Crippen MR) is 224 cm³/mol. The minimum Gasteiger partial charge on any atom is -0.0836 e. The van der Waals surface area contributed by atoms with Crippen molar-refractivity contribution in [3.63, 3.8) is 0 Å². The summed E-state index contributed by atoms with van der Waals surface area (Å²) in [6.45, 7) is 0. The Labute approximate surface area is 303 Å². The van der Waals surface area contributed by atoms with Crippen molar-refractivity contribution in [3.8, 4) is 55.6 Å². The number of hydrogen-bond acceptors (Lipinski definition) is 0. The Bertz CT molecular complexity index is 2960. The van der Waals surface area contributed by atoms with Crippen molar-refractivity contribution in [2.24, 2.45) is 0 Å². The molecule has 0 saturated carbocycles. The van der Waals surface area contributed by atoms with Crippen LogP contribution in [-0.4, -0.2) is 0 Å². The highest BCUT2D eigenvalue weighted by molar-refractivity contribution is 6.35. The lowest BCUT2D eigenvalue weighted by molar-refractivity contribution is 1.04. The van der Waals surface area contributed by atoms with Gasteiger partial charge in [-0.3, -0.25) is 0 Å². The fraction of sp³-hybridized carbons (Fsp3) is 0.0385. The Hall–Kier alpha value is -6.50. The number of fused-ring (bicyclic) bond motifs is 7. The average molecular weight is 659 g/mol. The van der Waals surface area contributed by atoms with E-state index >= 15 is 0 Å². The van der Waals surface area contributed by atoms with E-state index < -0.39 is 0 Å². The van der Waals surface area contributed by atoms with Gasteiger partial charge in [-0.05, 0) is 129 Å². The van der Waals surface area contributed by atoms with Crippen LogP contribution in [0.1, 0.15) is 18.4 Å². The largest absolute Gasteiger partial charge is 0.0836 e. The van der Waals surface area contributed by atoms with E-state index in [0.29, 0.717) is 0 Å². The molecular weight excluding hydrogens is 625 g/mol. The normalized spacial score (nSPS) is 13.3. The summed E-state index contributed by atoms with van der Waals surface area (Å²) < 4.78 is 0. The number of rotatable bonds is 4. The molecule has 11 rings (SSSR count). The lowest BCUT2D eigenvalue weighted by Gasteiger charge is -2.22. The van der Waals surface area contributed by atoms with Crippen molar-refractivity contribution in [1.29, 1.82) is 0 Å². The molecule has 9 aromatic rings. The molecule has 0 aromatic heterocycles. The minimum absolute atomic E-state index is 1.06. The van der Waals surface area contributed by atoms with E-state index in [1.165, 1.54) is 110 Å². The van der Waals surface area contributed by atoms with Gasteiger partial charge in [-0.25, -0.2) is 0 Å². The van der Waals surface area contributed by atoms with Crippen molar-refractivity contribution in [1.82, 2.24) is 0 Å². The summed E-state index contributed by atoms with van der Waals surface area (Å²) in [5, 5.41) is 10.5. The Morgan fingerprint density at radius 2 is 0.788 bits per heavy atom. The van der Waals surface area contributed by atoms with Crippen LogP contribution in [0.4, 0.5) is 0 Å². The van der Waals surface area contributed by atoms with E-state index in [1.54, 1.807) is 0 Å². The minimum atomic E-state index is 1.06. The molecule has 0 heterocycles. The fourth-order valence-electron chi connectivity index (χ4n) is 9.36. The molecule has 2 aliphatic carbocycles. The first-order valence-corrected chi connectivity index (χ1v) is 18.4. The van der Waals surface area contributed by atoms with Gasteiger partial charge < -0.3 is 0 Å². The van der Waals surface area contributed by atoms with Crippen molar-refractivity contribution >= 4 is 48.7 Å². The predicted octanol–water partition coefficient (Wildman–Crippen LogP) is 14.7. The van der Waals surface area contributed by atoms with Gasteiger partial charge in [0.05, 0.1) is 0 Å². The molecule has 52 heavy (non-hydrogen) atoms. The third-order valence-corrected chi connectivity index (χ3v) is 11.4. The van der Waals surface area contributed by atoms with Gasteiger partial charge in [0.15, 0.2) is 0 Å². The second kappa shape index (κ2) is 11.5. The first-order valence-electron chi connectivity index (χ1n) is 18.4. The van der Waals surface area contributed by atoms with Crippen LogP contribution in [0.3, 0.4) is 0 Å². The second-order valence-electron chi connectivity index (χ2n) is 14.2. The highest BCUT2D eigenvalue weighted by atomic mass is 14.3. The van der Waals surface area contributed by atoms with E-state index in [-0.39, 0.29) is 0 Å². The Balaban J connectivity index is 1.41. The molecule has 0 N–H and O–H groups in total. The fourth-order valence-corrected chi connectivity index (χ4v) is 9.36. The van der Waals surface area contributed by atoms with E-state index in [0.717, 1.165) is 12.8 Å². The Morgan fingerprint density at radius 3 is 1.35 bits per heavy atom. The van der Waals surface area contributed by atoms with Crippen LogP contribution in [-0.2, 0) is 0 Å². The molecule has 0 heteroatoms. The lowest BCUT2D eigenvalue weighted by Crippen LogP contribution is -1.96. The zero-order valence-corrected chi connectivity index (χ0v) is 28.7. The molecule has 0 atom stereocenters. The van der Waals surface area contributed by atoms with Crippen LogP contribution in [0.2, 0.25) is 0 Å². The number of hydrogen-bond donors (Lipinski definition) is 0. The van der Waals surface area contributed by atoms with E-state index in [4.69, 9.17) is 0 Å². The van der Waals surface area contributed by atoms with Gasteiger partial charge >= 0.3 is 0 Å². The standard InChI is InChI=1S/C52H34/c1-5-18-33(19-6-1)45-37-26-13-14-27-38(37)46(34-20-7-2-8-21-34)50-41-30-17-31-42-49(41)44(32-43(45)50)52-48(36-24-11-4-12-25-36)40-29-16-15-28-39(40)47(51(42)52)35-22-9-3-10-23-35/h2-5,7-32H,1,6H2. The molecule has 2 aliphatic rings. The summed E-state index contributed by atoms with van der Waals surface area (Å²) in [7, 11) is 0. The van der Waals surface area contributed by atoms with Crippen LogP contribution >= 0.6 is 0 Å². The molecule has 0 radical (unpaired) electrons. The molecule has 0 nitrogen and oxygen atoms in total. The third-order valence-electron chi connectivity index (χ3n) is 11.4.